The zero-order valence-corrected chi connectivity index (χ0v) is 11.8. The number of nitrogens with one attached hydrogen (secondary N) is 1. The number of carbonyl (C=O) groups is 1. The zero-order chi connectivity index (χ0) is 12.6. The Morgan fingerprint density at radius 2 is 2.06 bits per heavy atom. The number of carbonyl (C=O) groups excluding carboxylic acids is 1. The molecule has 0 radical (unpaired) electrons. The van der Waals surface area contributed by atoms with Crippen LogP contribution in [0.3, 0.4) is 0 Å². The van der Waals surface area contributed by atoms with Crippen molar-refractivity contribution in [2.24, 2.45) is 11.7 Å². The summed E-state index contributed by atoms with van der Waals surface area (Å²) in [6.45, 7) is 6.42. The van der Waals surface area contributed by atoms with Crippen LogP contribution in [0.1, 0.15) is 40.0 Å². The van der Waals surface area contributed by atoms with Gasteiger partial charge in [-0.1, -0.05) is 20.3 Å². The molecule has 2 unspecified atom stereocenters. The second kappa shape index (κ2) is 8.88. The molecular formula is C12H26N2OS. The first-order valence-electron chi connectivity index (χ1n) is 6.06. The molecule has 0 bridgehead atoms. The molecule has 0 saturated carbocycles. The van der Waals surface area contributed by atoms with E-state index in [1.807, 2.05) is 13.2 Å². The van der Waals surface area contributed by atoms with E-state index in [2.05, 4.69) is 19.2 Å². The highest BCUT2D eigenvalue weighted by atomic mass is 32.2. The van der Waals surface area contributed by atoms with Crippen LogP contribution >= 0.6 is 11.8 Å². The molecule has 0 rings (SSSR count). The average Bonchev–Trinajstić information content (AvgIpc) is 2.25. The lowest BCUT2D eigenvalue weighted by Crippen LogP contribution is -2.45. The molecule has 96 valence electrons. The maximum absolute atomic E-state index is 11.7. The van der Waals surface area contributed by atoms with E-state index in [1.54, 1.807) is 11.8 Å². The molecule has 0 aromatic carbocycles. The minimum atomic E-state index is -0.355. The van der Waals surface area contributed by atoms with Gasteiger partial charge in [0.05, 0.1) is 6.04 Å². The zero-order valence-electron chi connectivity index (χ0n) is 11.0. The van der Waals surface area contributed by atoms with Gasteiger partial charge in [0.2, 0.25) is 5.91 Å². The Bertz CT molecular complexity index is 199. The van der Waals surface area contributed by atoms with E-state index in [0.29, 0.717) is 5.92 Å². The number of hydrogen-bond acceptors (Lipinski definition) is 3. The van der Waals surface area contributed by atoms with Gasteiger partial charge in [0, 0.05) is 6.04 Å². The predicted molar refractivity (Wildman–Crippen MR) is 72.7 cm³/mol. The molecule has 3 atom stereocenters. The van der Waals surface area contributed by atoms with Crippen LogP contribution in [0.2, 0.25) is 0 Å². The van der Waals surface area contributed by atoms with Crippen LogP contribution in [0.5, 0.6) is 0 Å². The van der Waals surface area contributed by atoms with Crippen LogP contribution in [0, 0.1) is 5.92 Å². The normalized spacial score (nSPS) is 16.6. The quantitative estimate of drug-likeness (QED) is 0.689. The van der Waals surface area contributed by atoms with Gasteiger partial charge in [-0.15, -0.1) is 0 Å². The van der Waals surface area contributed by atoms with E-state index in [9.17, 15) is 4.79 Å². The van der Waals surface area contributed by atoms with E-state index in [4.69, 9.17) is 5.73 Å². The van der Waals surface area contributed by atoms with Gasteiger partial charge in [-0.25, -0.2) is 0 Å². The molecule has 0 fully saturated rings. The largest absolute Gasteiger partial charge is 0.352 e. The standard InChI is InChI=1S/C12H26N2OS/c1-5-9(2)8-10(3)14-12(15)11(13)6-7-16-4/h9-11H,5-8,13H2,1-4H3,(H,14,15)/t9?,10?,11-/m0/s1. The van der Waals surface area contributed by atoms with Crippen molar-refractivity contribution >= 4 is 17.7 Å². The van der Waals surface area contributed by atoms with Gasteiger partial charge >= 0.3 is 0 Å². The fourth-order valence-corrected chi connectivity index (χ4v) is 2.04. The van der Waals surface area contributed by atoms with Crippen molar-refractivity contribution in [1.82, 2.24) is 5.32 Å². The van der Waals surface area contributed by atoms with Crippen LogP contribution in [-0.4, -0.2) is 30.0 Å². The van der Waals surface area contributed by atoms with E-state index in [0.717, 1.165) is 25.0 Å². The van der Waals surface area contributed by atoms with Crippen molar-refractivity contribution in [2.45, 2.75) is 52.1 Å². The molecule has 16 heavy (non-hydrogen) atoms. The van der Waals surface area contributed by atoms with E-state index in [1.165, 1.54) is 0 Å². The van der Waals surface area contributed by atoms with Crippen LogP contribution < -0.4 is 11.1 Å². The molecule has 0 spiro atoms. The first kappa shape index (κ1) is 15.8. The Morgan fingerprint density at radius 1 is 1.44 bits per heavy atom. The Morgan fingerprint density at radius 3 is 2.56 bits per heavy atom. The maximum atomic E-state index is 11.7. The summed E-state index contributed by atoms with van der Waals surface area (Å²) in [6, 6.07) is -0.130. The van der Waals surface area contributed by atoms with Crippen molar-refractivity contribution in [3.05, 3.63) is 0 Å². The Kier molecular flexibility index (Phi) is 8.76. The minimum absolute atomic E-state index is 0.00940. The van der Waals surface area contributed by atoms with Crippen molar-refractivity contribution in [2.75, 3.05) is 12.0 Å². The lowest BCUT2D eigenvalue weighted by molar-refractivity contribution is -0.123. The third-order valence-corrected chi connectivity index (χ3v) is 3.46. The number of thioether (sulfide) groups is 1. The summed E-state index contributed by atoms with van der Waals surface area (Å²) in [4.78, 5) is 11.7. The van der Waals surface area contributed by atoms with Crippen LogP contribution in [0.25, 0.3) is 0 Å². The Labute approximate surface area is 104 Å². The molecule has 4 heteroatoms. The topological polar surface area (TPSA) is 55.1 Å². The summed E-state index contributed by atoms with van der Waals surface area (Å²) >= 11 is 1.72. The molecule has 3 nitrogen and oxygen atoms in total. The average molecular weight is 246 g/mol. The number of nitrogens with two attached hydrogens (primary N) is 1. The summed E-state index contributed by atoms with van der Waals surface area (Å²) in [5, 5.41) is 2.98. The van der Waals surface area contributed by atoms with Crippen molar-refractivity contribution < 1.29 is 4.79 Å². The highest BCUT2D eigenvalue weighted by molar-refractivity contribution is 7.98. The third kappa shape index (κ3) is 7.12. The lowest BCUT2D eigenvalue weighted by atomic mass is 10.00. The molecule has 3 N–H and O–H groups in total. The molecule has 0 saturated heterocycles. The molecule has 0 aromatic rings. The SMILES string of the molecule is CCC(C)CC(C)NC(=O)[C@@H](N)CCSC. The summed E-state index contributed by atoms with van der Waals surface area (Å²) in [6.07, 6.45) is 4.95. The summed E-state index contributed by atoms with van der Waals surface area (Å²) in [5.41, 5.74) is 5.79. The van der Waals surface area contributed by atoms with E-state index < -0.39 is 0 Å². The summed E-state index contributed by atoms with van der Waals surface area (Å²) in [5.74, 6) is 1.58. The fourth-order valence-electron chi connectivity index (χ4n) is 1.55. The second-order valence-corrected chi connectivity index (χ2v) is 5.53. The van der Waals surface area contributed by atoms with E-state index in [-0.39, 0.29) is 18.0 Å². The van der Waals surface area contributed by atoms with Crippen LogP contribution in [-0.2, 0) is 4.79 Å². The third-order valence-electron chi connectivity index (χ3n) is 2.81. The maximum Gasteiger partial charge on any atom is 0.237 e. The van der Waals surface area contributed by atoms with Gasteiger partial charge in [0.1, 0.15) is 0 Å². The Balaban J connectivity index is 3.84. The predicted octanol–water partition coefficient (Wildman–Crippen LogP) is 2.01. The van der Waals surface area contributed by atoms with E-state index >= 15 is 0 Å². The Hall–Kier alpha value is -0.220. The van der Waals surface area contributed by atoms with Gasteiger partial charge in [-0.3, -0.25) is 4.79 Å². The van der Waals surface area contributed by atoms with Crippen LogP contribution in [0.4, 0.5) is 0 Å². The molecule has 0 aliphatic carbocycles. The second-order valence-electron chi connectivity index (χ2n) is 4.55. The first-order chi connectivity index (χ1) is 7.51. The van der Waals surface area contributed by atoms with Gasteiger partial charge in [-0.05, 0) is 37.7 Å². The van der Waals surface area contributed by atoms with Crippen LogP contribution in [0.15, 0.2) is 0 Å². The molecule has 0 aliphatic heterocycles. The number of rotatable bonds is 8. The lowest BCUT2D eigenvalue weighted by Gasteiger charge is -2.19. The summed E-state index contributed by atoms with van der Waals surface area (Å²) in [7, 11) is 0. The number of hydrogen-bond donors (Lipinski definition) is 2. The number of amides is 1. The highest BCUT2D eigenvalue weighted by Crippen LogP contribution is 2.09. The molecule has 0 aromatic heterocycles. The molecule has 1 amide bonds. The smallest absolute Gasteiger partial charge is 0.237 e. The summed E-state index contributed by atoms with van der Waals surface area (Å²) < 4.78 is 0. The minimum Gasteiger partial charge on any atom is -0.352 e. The van der Waals surface area contributed by atoms with Gasteiger partial charge in [0.25, 0.3) is 0 Å². The van der Waals surface area contributed by atoms with Gasteiger partial charge in [-0.2, -0.15) is 11.8 Å². The van der Waals surface area contributed by atoms with Crippen molar-refractivity contribution in [1.29, 1.82) is 0 Å². The molecule has 0 aliphatic rings. The monoisotopic (exact) mass is 246 g/mol. The van der Waals surface area contributed by atoms with Crippen molar-refractivity contribution in [3.63, 3.8) is 0 Å². The highest BCUT2D eigenvalue weighted by Gasteiger charge is 2.16. The first-order valence-corrected chi connectivity index (χ1v) is 7.45. The molecule has 0 heterocycles. The molecular weight excluding hydrogens is 220 g/mol. The van der Waals surface area contributed by atoms with Crippen molar-refractivity contribution in [3.8, 4) is 0 Å². The van der Waals surface area contributed by atoms with Gasteiger partial charge < -0.3 is 11.1 Å². The fraction of sp³-hybridized carbons (Fsp3) is 0.917. The van der Waals surface area contributed by atoms with Gasteiger partial charge in [0.15, 0.2) is 0 Å².